The number of alkyl halides is 3. The Hall–Kier alpha value is -2.36. The number of ether oxygens (including phenoxy) is 1. The van der Waals surface area contributed by atoms with E-state index in [0.717, 1.165) is 5.39 Å². The van der Waals surface area contributed by atoms with Crippen molar-refractivity contribution in [3.63, 3.8) is 0 Å². The van der Waals surface area contributed by atoms with Crippen LogP contribution in [0.25, 0.3) is 11.0 Å². The van der Waals surface area contributed by atoms with Crippen LogP contribution in [0.4, 0.5) is 22.4 Å². The molecule has 1 N–H and O–H groups in total. The lowest BCUT2D eigenvalue weighted by molar-refractivity contribution is -0.345. The summed E-state index contributed by atoms with van der Waals surface area (Å²) in [5, 5.41) is 0.748. The molecular formula is C19H22F4N4O2. The first kappa shape index (κ1) is 19.9. The van der Waals surface area contributed by atoms with E-state index in [1.807, 2.05) is 0 Å². The maximum Gasteiger partial charge on any atom is 0.522 e. The van der Waals surface area contributed by atoms with Gasteiger partial charge in [0.15, 0.2) is 0 Å². The molecule has 1 atom stereocenters. The fourth-order valence-corrected chi connectivity index (χ4v) is 4.38. The van der Waals surface area contributed by atoms with Crippen LogP contribution in [0, 0.1) is 5.82 Å². The fourth-order valence-electron chi connectivity index (χ4n) is 4.38. The van der Waals surface area contributed by atoms with Gasteiger partial charge in [0.25, 0.3) is 0 Å². The summed E-state index contributed by atoms with van der Waals surface area (Å²) in [6.07, 6.45) is -0.886. The maximum absolute atomic E-state index is 14.4. The van der Waals surface area contributed by atoms with Gasteiger partial charge in [0, 0.05) is 43.3 Å². The van der Waals surface area contributed by atoms with Gasteiger partial charge >= 0.3 is 12.4 Å². The summed E-state index contributed by atoms with van der Waals surface area (Å²) in [7, 11) is 0. The minimum Gasteiger partial charge on any atom is -0.346 e. The van der Waals surface area contributed by atoms with E-state index in [4.69, 9.17) is 0 Å². The first-order chi connectivity index (χ1) is 13.8. The van der Waals surface area contributed by atoms with Crippen LogP contribution in [-0.2, 0) is 4.74 Å². The minimum absolute atomic E-state index is 0.0389. The highest BCUT2D eigenvalue weighted by Crippen LogP contribution is 2.34. The monoisotopic (exact) mass is 414 g/mol. The van der Waals surface area contributed by atoms with E-state index in [1.54, 1.807) is 17.2 Å². The van der Waals surface area contributed by atoms with Crippen LogP contribution in [0.5, 0.6) is 0 Å². The molecule has 2 aliphatic rings. The van der Waals surface area contributed by atoms with E-state index in [1.165, 1.54) is 11.1 Å². The molecule has 4 heterocycles. The molecule has 2 saturated heterocycles. The predicted molar refractivity (Wildman–Crippen MR) is 96.7 cm³/mol. The number of halogens is 4. The van der Waals surface area contributed by atoms with Crippen molar-refractivity contribution in [1.29, 1.82) is 0 Å². The molecule has 0 bridgehead atoms. The number of urea groups is 1. The van der Waals surface area contributed by atoms with Gasteiger partial charge in [-0.15, -0.1) is 13.2 Å². The number of piperidine rings is 2. The summed E-state index contributed by atoms with van der Waals surface area (Å²) in [6.45, 7) is 1.21. The molecule has 2 amide bonds. The third-order valence-corrected chi connectivity index (χ3v) is 5.70. The van der Waals surface area contributed by atoms with Gasteiger partial charge in [-0.25, -0.2) is 14.2 Å². The first-order valence-electron chi connectivity index (χ1n) is 9.71. The Morgan fingerprint density at radius 1 is 1.17 bits per heavy atom. The van der Waals surface area contributed by atoms with Crippen LogP contribution in [0.2, 0.25) is 0 Å². The Morgan fingerprint density at radius 3 is 2.66 bits per heavy atom. The lowest BCUT2D eigenvalue weighted by Gasteiger charge is -2.39. The predicted octanol–water partition coefficient (Wildman–Crippen LogP) is 4.00. The molecular weight excluding hydrogens is 392 g/mol. The number of aromatic amines is 1. The summed E-state index contributed by atoms with van der Waals surface area (Å²) in [4.78, 5) is 22.9. The quantitative estimate of drug-likeness (QED) is 0.756. The summed E-state index contributed by atoms with van der Waals surface area (Å²) >= 11 is 0. The van der Waals surface area contributed by atoms with Crippen LogP contribution < -0.4 is 0 Å². The number of likely N-dealkylation sites (tertiary alicyclic amines) is 2. The second kappa shape index (κ2) is 7.81. The average Bonchev–Trinajstić information content (AvgIpc) is 3.15. The number of H-pyrrole nitrogens is 1. The van der Waals surface area contributed by atoms with Crippen LogP contribution in [0.1, 0.15) is 37.2 Å². The molecule has 6 nitrogen and oxygen atoms in total. The lowest BCUT2D eigenvalue weighted by Crippen LogP contribution is -2.51. The minimum atomic E-state index is -4.70. The third kappa shape index (κ3) is 4.31. The Labute approximate surface area is 164 Å². The smallest absolute Gasteiger partial charge is 0.346 e. The molecule has 0 aromatic carbocycles. The van der Waals surface area contributed by atoms with Gasteiger partial charge in [0.2, 0.25) is 0 Å². The van der Waals surface area contributed by atoms with Gasteiger partial charge in [-0.05, 0) is 37.7 Å². The summed E-state index contributed by atoms with van der Waals surface area (Å²) < 4.78 is 56.0. The summed E-state index contributed by atoms with van der Waals surface area (Å²) in [5.74, 6) is -0.395. The molecule has 158 valence electrons. The summed E-state index contributed by atoms with van der Waals surface area (Å²) in [5.41, 5.74) is 1.24. The van der Waals surface area contributed by atoms with E-state index in [0.29, 0.717) is 50.1 Å². The van der Waals surface area contributed by atoms with Gasteiger partial charge in [-0.2, -0.15) is 0 Å². The number of hydrogen-bond acceptors (Lipinski definition) is 3. The van der Waals surface area contributed by atoms with Crippen molar-refractivity contribution < 1.29 is 27.1 Å². The Bertz CT molecular complexity index is 877. The van der Waals surface area contributed by atoms with Crippen LogP contribution >= 0.6 is 0 Å². The Kier molecular flexibility index (Phi) is 5.37. The van der Waals surface area contributed by atoms with Crippen LogP contribution in [0.3, 0.4) is 0 Å². The number of aromatic nitrogens is 2. The highest BCUT2D eigenvalue weighted by Gasteiger charge is 2.37. The fraction of sp³-hybridized carbons (Fsp3) is 0.579. The molecule has 0 radical (unpaired) electrons. The topological polar surface area (TPSA) is 61.5 Å². The normalized spacial score (nSPS) is 21.7. The molecule has 0 aliphatic carbocycles. The molecule has 29 heavy (non-hydrogen) atoms. The molecule has 2 aromatic heterocycles. The van der Waals surface area contributed by atoms with Gasteiger partial charge in [-0.1, -0.05) is 0 Å². The van der Waals surface area contributed by atoms with Crippen molar-refractivity contribution in [2.24, 2.45) is 0 Å². The van der Waals surface area contributed by atoms with Crippen molar-refractivity contribution in [3.8, 4) is 0 Å². The Balaban J connectivity index is 1.38. The SMILES string of the molecule is O=C(N1CCC(c2c(F)cnc3[nH]ccc23)CC1)N1CCCC(OC(F)(F)F)C1. The molecule has 10 heteroatoms. The van der Waals surface area contributed by atoms with Gasteiger partial charge in [0.05, 0.1) is 12.3 Å². The molecule has 2 aliphatic heterocycles. The number of amides is 2. The second-order valence-electron chi connectivity index (χ2n) is 7.58. The number of carbonyl (C=O) groups excluding carboxylic acids is 1. The zero-order valence-corrected chi connectivity index (χ0v) is 15.7. The van der Waals surface area contributed by atoms with E-state index < -0.39 is 12.5 Å². The number of fused-ring (bicyclic) bond motifs is 1. The lowest BCUT2D eigenvalue weighted by atomic mass is 9.88. The molecule has 0 saturated carbocycles. The second-order valence-corrected chi connectivity index (χ2v) is 7.58. The van der Waals surface area contributed by atoms with Crippen molar-refractivity contribution in [3.05, 3.63) is 29.8 Å². The number of rotatable bonds is 2. The number of nitrogens with one attached hydrogen (secondary N) is 1. The molecule has 1 unspecified atom stereocenters. The van der Waals surface area contributed by atoms with E-state index in [-0.39, 0.29) is 30.7 Å². The number of nitrogens with zero attached hydrogens (tertiary/aromatic N) is 3. The number of pyridine rings is 1. The van der Waals surface area contributed by atoms with Crippen molar-refractivity contribution in [2.75, 3.05) is 26.2 Å². The highest BCUT2D eigenvalue weighted by atomic mass is 19.4. The standard InChI is InChI=1S/C19H22F4N4O2/c20-15-10-25-17-14(3-6-24-17)16(15)12-4-8-26(9-5-12)18(28)27-7-1-2-13(11-27)29-19(21,22)23/h3,6,10,12-13H,1-2,4-5,7-9,11H2,(H,24,25). The number of carbonyl (C=O) groups is 1. The molecule has 2 fully saturated rings. The van der Waals surface area contributed by atoms with Gasteiger partial charge in [0.1, 0.15) is 11.5 Å². The largest absolute Gasteiger partial charge is 0.522 e. The zero-order valence-electron chi connectivity index (χ0n) is 15.7. The van der Waals surface area contributed by atoms with Crippen molar-refractivity contribution >= 4 is 17.1 Å². The van der Waals surface area contributed by atoms with E-state index >= 15 is 0 Å². The van der Waals surface area contributed by atoms with E-state index in [2.05, 4.69) is 14.7 Å². The van der Waals surface area contributed by atoms with Crippen LogP contribution in [0.15, 0.2) is 18.5 Å². The number of hydrogen-bond donors (Lipinski definition) is 1. The molecule has 0 spiro atoms. The van der Waals surface area contributed by atoms with Gasteiger partial charge in [-0.3, -0.25) is 4.74 Å². The molecule has 4 rings (SSSR count). The average molecular weight is 414 g/mol. The third-order valence-electron chi connectivity index (χ3n) is 5.70. The van der Waals surface area contributed by atoms with Crippen LogP contribution in [-0.4, -0.2) is 64.4 Å². The molecule has 2 aromatic rings. The zero-order chi connectivity index (χ0) is 20.6. The maximum atomic E-state index is 14.4. The first-order valence-corrected chi connectivity index (χ1v) is 9.71. The van der Waals surface area contributed by atoms with Gasteiger partial charge < -0.3 is 14.8 Å². The van der Waals surface area contributed by atoms with E-state index in [9.17, 15) is 22.4 Å². The summed E-state index contributed by atoms with van der Waals surface area (Å²) in [6, 6.07) is 1.52. The van der Waals surface area contributed by atoms with Crippen molar-refractivity contribution in [2.45, 2.75) is 44.1 Å². The highest BCUT2D eigenvalue weighted by molar-refractivity contribution is 5.80. The van der Waals surface area contributed by atoms with Crippen molar-refractivity contribution in [1.82, 2.24) is 19.8 Å². The Morgan fingerprint density at radius 2 is 1.93 bits per heavy atom.